The predicted octanol–water partition coefficient (Wildman–Crippen LogP) is 2.17. The molecule has 0 aliphatic carbocycles. The average Bonchev–Trinajstić information content (AvgIpc) is 2.55. The molecule has 0 saturated carbocycles. The lowest BCUT2D eigenvalue weighted by Gasteiger charge is -2.01. The molecular formula is C9H5F3N2O. The molecule has 0 saturated heterocycles. The minimum atomic E-state index is -4.61. The molecule has 0 amide bonds. The highest BCUT2D eigenvalue weighted by molar-refractivity contribution is 5.87. The van der Waals surface area contributed by atoms with Crippen molar-refractivity contribution in [2.45, 2.75) is 6.18 Å². The lowest BCUT2D eigenvalue weighted by molar-refractivity contribution is -0.141. The number of carbonyl (C=O) groups is 1. The normalized spacial score (nSPS) is 11.9. The van der Waals surface area contributed by atoms with Crippen LogP contribution in [-0.2, 0) is 6.18 Å². The van der Waals surface area contributed by atoms with Gasteiger partial charge < -0.3 is 0 Å². The van der Waals surface area contributed by atoms with Crippen molar-refractivity contribution in [1.82, 2.24) is 9.61 Å². The number of fused-ring (bicyclic) bond motifs is 1. The zero-order valence-corrected chi connectivity index (χ0v) is 7.32. The fourth-order valence-corrected chi connectivity index (χ4v) is 1.34. The Bertz CT molecular complexity index is 516. The molecule has 0 atom stereocenters. The van der Waals surface area contributed by atoms with Gasteiger partial charge in [0.1, 0.15) is 0 Å². The first kappa shape index (κ1) is 9.70. The van der Waals surface area contributed by atoms with E-state index in [0.717, 1.165) is 4.52 Å². The van der Waals surface area contributed by atoms with Crippen molar-refractivity contribution in [2.75, 3.05) is 0 Å². The molecule has 3 nitrogen and oxygen atoms in total. The maximum atomic E-state index is 12.4. The molecule has 6 heteroatoms. The monoisotopic (exact) mass is 214 g/mol. The summed E-state index contributed by atoms with van der Waals surface area (Å²) in [6.07, 6.45) is -3.08. The molecule has 0 N–H and O–H groups in total. The summed E-state index contributed by atoms with van der Waals surface area (Å²) in [5, 5.41) is 3.32. The lowest BCUT2D eigenvalue weighted by atomic mass is 10.2. The molecule has 2 rings (SSSR count). The highest BCUT2D eigenvalue weighted by Crippen LogP contribution is 2.31. The largest absolute Gasteiger partial charge is 0.435 e. The average molecular weight is 214 g/mol. The summed E-state index contributed by atoms with van der Waals surface area (Å²) in [5.74, 6) is 0. The van der Waals surface area contributed by atoms with Gasteiger partial charge in [0.15, 0.2) is 12.0 Å². The van der Waals surface area contributed by atoms with E-state index in [-0.39, 0.29) is 11.8 Å². The second-order valence-corrected chi connectivity index (χ2v) is 2.91. The van der Waals surface area contributed by atoms with Crippen LogP contribution in [0.25, 0.3) is 5.52 Å². The van der Waals surface area contributed by atoms with Gasteiger partial charge in [-0.1, -0.05) is 6.07 Å². The summed E-state index contributed by atoms with van der Waals surface area (Å²) in [5.41, 5.74) is -1.42. The molecule has 0 fully saturated rings. The maximum absolute atomic E-state index is 12.4. The Labute approximate surface area is 82.1 Å². The van der Waals surface area contributed by atoms with Gasteiger partial charge in [-0.25, -0.2) is 4.52 Å². The number of carbonyl (C=O) groups excluding carboxylic acids is 1. The third-order valence-electron chi connectivity index (χ3n) is 1.96. The van der Waals surface area contributed by atoms with Crippen LogP contribution >= 0.6 is 0 Å². The molecule has 2 aromatic rings. The van der Waals surface area contributed by atoms with Crippen LogP contribution < -0.4 is 0 Å². The van der Waals surface area contributed by atoms with Gasteiger partial charge in [-0.2, -0.15) is 18.3 Å². The Morgan fingerprint density at radius 1 is 1.33 bits per heavy atom. The molecule has 0 aromatic carbocycles. The molecular weight excluding hydrogens is 209 g/mol. The summed E-state index contributed by atoms with van der Waals surface area (Å²) < 4.78 is 38.4. The van der Waals surface area contributed by atoms with E-state index in [1.807, 2.05) is 0 Å². The summed E-state index contributed by atoms with van der Waals surface area (Å²) in [6.45, 7) is 0. The highest BCUT2D eigenvalue weighted by atomic mass is 19.4. The van der Waals surface area contributed by atoms with Crippen molar-refractivity contribution < 1.29 is 18.0 Å². The van der Waals surface area contributed by atoms with Crippen molar-refractivity contribution >= 4 is 11.8 Å². The standard InChI is InChI=1S/C9H5F3N2O/c10-9(11,12)8-6(5-15)7-3-1-2-4-14(7)13-8/h1-5H. The van der Waals surface area contributed by atoms with Gasteiger partial charge in [-0.05, 0) is 12.1 Å². The molecule has 0 bridgehead atoms. The zero-order chi connectivity index (χ0) is 11.1. The van der Waals surface area contributed by atoms with E-state index in [4.69, 9.17) is 0 Å². The summed E-state index contributed by atoms with van der Waals surface area (Å²) >= 11 is 0. The molecule has 0 aliphatic rings. The highest BCUT2D eigenvalue weighted by Gasteiger charge is 2.37. The van der Waals surface area contributed by atoms with E-state index >= 15 is 0 Å². The van der Waals surface area contributed by atoms with Crippen molar-refractivity contribution in [2.24, 2.45) is 0 Å². The van der Waals surface area contributed by atoms with E-state index in [9.17, 15) is 18.0 Å². The van der Waals surface area contributed by atoms with Crippen LogP contribution in [-0.4, -0.2) is 15.9 Å². The van der Waals surface area contributed by atoms with Crippen molar-refractivity contribution in [3.05, 3.63) is 35.7 Å². The number of rotatable bonds is 1. The van der Waals surface area contributed by atoms with E-state index in [1.165, 1.54) is 18.3 Å². The molecule has 78 valence electrons. The van der Waals surface area contributed by atoms with Crippen LogP contribution in [0.2, 0.25) is 0 Å². The smallest absolute Gasteiger partial charge is 0.298 e. The van der Waals surface area contributed by atoms with Crippen LogP contribution in [0.5, 0.6) is 0 Å². The second kappa shape index (κ2) is 3.08. The topological polar surface area (TPSA) is 34.4 Å². The number of halogens is 3. The van der Waals surface area contributed by atoms with Crippen molar-refractivity contribution in [3.63, 3.8) is 0 Å². The van der Waals surface area contributed by atoms with Gasteiger partial charge in [0.05, 0.1) is 11.1 Å². The van der Waals surface area contributed by atoms with Crippen LogP contribution in [0.1, 0.15) is 16.1 Å². The number of pyridine rings is 1. The fraction of sp³-hybridized carbons (Fsp3) is 0.111. The zero-order valence-electron chi connectivity index (χ0n) is 7.32. The Kier molecular flexibility index (Phi) is 1.99. The Morgan fingerprint density at radius 3 is 2.67 bits per heavy atom. The van der Waals surface area contributed by atoms with Crippen molar-refractivity contribution in [1.29, 1.82) is 0 Å². The first-order valence-corrected chi connectivity index (χ1v) is 4.04. The first-order chi connectivity index (χ1) is 7.04. The molecule has 2 aromatic heterocycles. The molecule has 0 spiro atoms. The number of nitrogens with zero attached hydrogens (tertiary/aromatic N) is 2. The van der Waals surface area contributed by atoms with Gasteiger partial charge in [0, 0.05) is 6.20 Å². The third kappa shape index (κ3) is 1.47. The van der Waals surface area contributed by atoms with Crippen molar-refractivity contribution in [3.8, 4) is 0 Å². The minimum Gasteiger partial charge on any atom is -0.298 e. The summed E-state index contributed by atoms with van der Waals surface area (Å²) in [6, 6.07) is 4.49. The Hall–Kier alpha value is -1.85. The molecule has 0 aliphatic heterocycles. The maximum Gasteiger partial charge on any atom is 0.435 e. The van der Waals surface area contributed by atoms with Gasteiger partial charge in [-0.15, -0.1) is 0 Å². The van der Waals surface area contributed by atoms with Crippen LogP contribution in [0, 0.1) is 0 Å². The molecule has 0 radical (unpaired) electrons. The summed E-state index contributed by atoms with van der Waals surface area (Å²) in [7, 11) is 0. The van der Waals surface area contributed by atoms with Gasteiger partial charge in [-0.3, -0.25) is 4.79 Å². The van der Waals surface area contributed by atoms with E-state index in [0.29, 0.717) is 0 Å². The molecule has 0 unspecified atom stereocenters. The van der Waals surface area contributed by atoms with E-state index < -0.39 is 17.4 Å². The van der Waals surface area contributed by atoms with Gasteiger partial charge in [0.25, 0.3) is 0 Å². The fourth-order valence-electron chi connectivity index (χ4n) is 1.34. The van der Waals surface area contributed by atoms with Crippen LogP contribution in [0.15, 0.2) is 24.4 Å². The van der Waals surface area contributed by atoms with Crippen LogP contribution in [0.4, 0.5) is 13.2 Å². The summed E-state index contributed by atoms with van der Waals surface area (Å²) in [4.78, 5) is 10.6. The van der Waals surface area contributed by atoms with Gasteiger partial charge in [0.2, 0.25) is 0 Å². The molecule has 15 heavy (non-hydrogen) atoms. The predicted molar refractivity (Wildman–Crippen MR) is 45.6 cm³/mol. The third-order valence-corrected chi connectivity index (χ3v) is 1.96. The SMILES string of the molecule is O=Cc1c(C(F)(F)F)nn2ccccc12. The van der Waals surface area contributed by atoms with E-state index in [1.54, 1.807) is 6.07 Å². The molecule has 2 heterocycles. The lowest BCUT2D eigenvalue weighted by Crippen LogP contribution is -2.08. The number of aldehydes is 1. The quantitative estimate of drug-likeness (QED) is 0.682. The minimum absolute atomic E-state index is 0.153. The first-order valence-electron chi connectivity index (χ1n) is 4.04. The van der Waals surface area contributed by atoms with E-state index in [2.05, 4.69) is 5.10 Å². The number of hydrogen-bond acceptors (Lipinski definition) is 2. The Morgan fingerprint density at radius 2 is 2.07 bits per heavy atom. The second-order valence-electron chi connectivity index (χ2n) is 2.91. The van der Waals surface area contributed by atoms with Gasteiger partial charge >= 0.3 is 6.18 Å². The van der Waals surface area contributed by atoms with Crippen LogP contribution in [0.3, 0.4) is 0 Å². The number of aromatic nitrogens is 2. The Balaban J connectivity index is 2.81. The number of alkyl halides is 3. The number of hydrogen-bond donors (Lipinski definition) is 0.